The van der Waals surface area contributed by atoms with E-state index in [0.29, 0.717) is 19.1 Å². The Bertz CT molecular complexity index is 827. The number of likely N-dealkylation sites (N-methyl/N-ethyl adjacent to an activating group) is 1. The average molecular weight is 508 g/mol. The molecule has 2 N–H and O–H groups in total. The summed E-state index contributed by atoms with van der Waals surface area (Å²) >= 11 is 0. The van der Waals surface area contributed by atoms with E-state index in [4.69, 9.17) is 4.74 Å². The number of amides is 1. The predicted octanol–water partition coefficient (Wildman–Crippen LogP) is 2.99. The fourth-order valence-corrected chi connectivity index (χ4v) is 3.14. The zero-order valence-electron chi connectivity index (χ0n) is 17.1. The van der Waals surface area contributed by atoms with Crippen molar-refractivity contribution in [1.29, 1.82) is 0 Å². The zero-order chi connectivity index (χ0) is 19.9. The molecule has 3 rings (SSSR count). The summed E-state index contributed by atoms with van der Waals surface area (Å²) in [6, 6.07) is 18.3. The topological polar surface area (TPSA) is 66.0 Å². The van der Waals surface area contributed by atoms with Crippen LogP contribution in [0.4, 0.5) is 0 Å². The minimum Gasteiger partial charge on any atom is -0.493 e. The largest absolute Gasteiger partial charge is 0.493 e. The van der Waals surface area contributed by atoms with E-state index >= 15 is 0 Å². The monoisotopic (exact) mass is 508 g/mol. The van der Waals surface area contributed by atoms with E-state index in [1.165, 1.54) is 5.56 Å². The second-order valence-electron chi connectivity index (χ2n) is 7.18. The number of fused-ring (bicyclic) bond motifs is 1. The van der Waals surface area contributed by atoms with Crippen molar-refractivity contribution >= 4 is 35.8 Å². The molecule has 2 aromatic carbocycles. The highest BCUT2D eigenvalue weighted by Crippen LogP contribution is 2.35. The number of nitrogens with one attached hydrogen (secondary N) is 2. The number of guanidine groups is 1. The van der Waals surface area contributed by atoms with Gasteiger partial charge in [0, 0.05) is 31.6 Å². The first-order valence-corrected chi connectivity index (χ1v) is 9.55. The number of halogens is 1. The molecule has 0 spiro atoms. The molecule has 2 aromatic rings. The van der Waals surface area contributed by atoms with Crippen molar-refractivity contribution in [3.05, 3.63) is 65.7 Å². The van der Waals surface area contributed by atoms with Crippen molar-refractivity contribution in [3.8, 4) is 5.75 Å². The van der Waals surface area contributed by atoms with Crippen LogP contribution < -0.4 is 15.4 Å². The first kappa shape index (κ1) is 23.0. The van der Waals surface area contributed by atoms with Gasteiger partial charge in [0.25, 0.3) is 0 Å². The Morgan fingerprint density at radius 1 is 1.17 bits per heavy atom. The van der Waals surface area contributed by atoms with Crippen LogP contribution in [-0.2, 0) is 11.3 Å². The van der Waals surface area contributed by atoms with Crippen molar-refractivity contribution in [2.75, 3.05) is 27.2 Å². The Labute approximate surface area is 189 Å². The molecule has 0 radical (unpaired) electrons. The summed E-state index contributed by atoms with van der Waals surface area (Å²) in [6.07, 6.45) is 0. The summed E-state index contributed by atoms with van der Waals surface area (Å²) in [5.41, 5.74) is 2.32. The molecule has 1 aliphatic heterocycles. The van der Waals surface area contributed by atoms with E-state index in [2.05, 4.69) is 28.6 Å². The van der Waals surface area contributed by atoms with E-state index in [-0.39, 0.29) is 48.4 Å². The molecule has 0 aliphatic carbocycles. The summed E-state index contributed by atoms with van der Waals surface area (Å²) in [5.74, 6) is 1.79. The summed E-state index contributed by atoms with van der Waals surface area (Å²) in [4.78, 5) is 18.2. The van der Waals surface area contributed by atoms with Crippen molar-refractivity contribution < 1.29 is 9.53 Å². The maximum atomic E-state index is 12.0. The van der Waals surface area contributed by atoms with E-state index in [1.807, 2.05) is 48.5 Å². The molecule has 6 nitrogen and oxygen atoms in total. The van der Waals surface area contributed by atoms with E-state index in [1.54, 1.807) is 19.0 Å². The summed E-state index contributed by atoms with van der Waals surface area (Å²) < 4.78 is 5.81. The van der Waals surface area contributed by atoms with Crippen LogP contribution in [-0.4, -0.2) is 50.1 Å². The van der Waals surface area contributed by atoms with Gasteiger partial charge in [-0.15, -0.1) is 24.0 Å². The number of aliphatic imine (C=N–C) groups is 1. The minimum atomic E-state index is -0.00332. The molecule has 0 saturated heterocycles. The zero-order valence-corrected chi connectivity index (χ0v) is 19.4. The predicted molar refractivity (Wildman–Crippen MR) is 127 cm³/mol. The van der Waals surface area contributed by atoms with Crippen LogP contribution in [0.1, 0.15) is 24.0 Å². The molecule has 0 fully saturated rings. The Morgan fingerprint density at radius 3 is 2.59 bits per heavy atom. The SMILES string of the molecule is CC(NC(=NCc1ccccc1)NCC(=O)N(C)C)C1COc2ccccc21.I. The normalized spacial score (nSPS) is 16.1. The number of rotatable bonds is 6. The summed E-state index contributed by atoms with van der Waals surface area (Å²) in [7, 11) is 3.49. The number of para-hydroxylation sites is 1. The number of hydrogen-bond acceptors (Lipinski definition) is 3. The van der Waals surface area contributed by atoms with Crippen LogP contribution in [0.5, 0.6) is 5.75 Å². The third-order valence-electron chi connectivity index (χ3n) is 4.87. The first-order chi connectivity index (χ1) is 13.5. The molecule has 2 unspecified atom stereocenters. The van der Waals surface area contributed by atoms with Crippen LogP contribution in [0.2, 0.25) is 0 Å². The first-order valence-electron chi connectivity index (χ1n) is 9.55. The lowest BCUT2D eigenvalue weighted by Crippen LogP contribution is -2.47. The molecular formula is C22H29IN4O2. The molecule has 1 amide bonds. The van der Waals surface area contributed by atoms with Gasteiger partial charge in [-0.2, -0.15) is 0 Å². The summed E-state index contributed by atoms with van der Waals surface area (Å²) in [5, 5.41) is 6.61. The third-order valence-corrected chi connectivity index (χ3v) is 4.87. The van der Waals surface area contributed by atoms with Gasteiger partial charge in [-0.1, -0.05) is 48.5 Å². The van der Waals surface area contributed by atoms with Crippen LogP contribution in [0.15, 0.2) is 59.6 Å². The number of nitrogens with zero attached hydrogens (tertiary/aromatic N) is 2. The van der Waals surface area contributed by atoms with Crippen LogP contribution in [0, 0.1) is 0 Å². The van der Waals surface area contributed by atoms with E-state index in [0.717, 1.165) is 11.3 Å². The molecular weight excluding hydrogens is 479 g/mol. The number of carbonyl (C=O) groups is 1. The Morgan fingerprint density at radius 2 is 1.86 bits per heavy atom. The number of carbonyl (C=O) groups excluding carboxylic acids is 1. The smallest absolute Gasteiger partial charge is 0.241 e. The van der Waals surface area contributed by atoms with Crippen molar-refractivity contribution in [3.63, 3.8) is 0 Å². The van der Waals surface area contributed by atoms with Gasteiger partial charge < -0.3 is 20.3 Å². The number of hydrogen-bond donors (Lipinski definition) is 2. The Balaban J connectivity index is 0.00000300. The highest BCUT2D eigenvalue weighted by Gasteiger charge is 2.29. The van der Waals surface area contributed by atoms with Gasteiger partial charge in [-0.05, 0) is 18.6 Å². The second-order valence-corrected chi connectivity index (χ2v) is 7.18. The van der Waals surface area contributed by atoms with Gasteiger partial charge in [0.1, 0.15) is 5.75 Å². The Kier molecular flexibility index (Phi) is 8.75. The van der Waals surface area contributed by atoms with Crippen LogP contribution >= 0.6 is 24.0 Å². The molecule has 2 atom stereocenters. The molecule has 0 saturated carbocycles. The van der Waals surface area contributed by atoms with Crippen LogP contribution in [0.25, 0.3) is 0 Å². The minimum absolute atomic E-state index is 0. The van der Waals surface area contributed by atoms with Gasteiger partial charge in [-0.3, -0.25) is 4.79 Å². The fourth-order valence-electron chi connectivity index (χ4n) is 3.14. The van der Waals surface area contributed by atoms with Gasteiger partial charge in [0.05, 0.1) is 19.7 Å². The van der Waals surface area contributed by atoms with Crippen molar-refractivity contribution in [2.24, 2.45) is 4.99 Å². The standard InChI is InChI=1S/C22H28N4O2.HI/c1-16(19-15-28-20-12-8-7-11-18(19)20)25-22(24-14-21(27)26(2)3)23-13-17-9-5-4-6-10-17;/h4-12,16,19H,13-15H2,1-3H3,(H2,23,24,25);1H. The van der Waals surface area contributed by atoms with Crippen LogP contribution in [0.3, 0.4) is 0 Å². The van der Waals surface area contributed by atoms with Gasteiger partial charge in [0.2, 0.25) is 5.91 Å². The van der Waals surface area contributed by atoms with E-state index < -0.39 is 0 Å². The quantitative estimate of drug-likeness (QED) is 0.358. The highest BCUT2D eigenvalue weighted by atomic mass is 127. The van der Waals surface area contributed by atoms with Gasteiger partial charge in [-0.25, -0.2) is 4.99 Å². The molecule has 29 heavy (non-hydrogen) atoms. The summed E-state index contributed by atoms with van der Waals surface area (Å²) in [6.45, 7) is 3.48. The fraction of sp³-hybridized carbons (Fsp3) is 0.364. The second kappa shape index (κ2) is 11.0. The van der Waals surface area contributed by atoms with Crippen molar-refractivity contribution in [1.82, 2.24) is 15.5 Å². The van der Waals surface area contributed by atoms with E-state index in [9.17, 15) is 4.79 Å². The lowest BCUT2D eigenvalue weighted by atomic mass is 9.94. The molecule has 1 heterocycles. The maximum absolute atomic E-state index is 12.0. The third kappa shape index (κ3) is 6.35. The van der Waals surface area contributed by atoms with Gasteiger partial charge >= 0.3 is 0 Å². The average Bonchev–Trinajstić information content (AvgIpc) is 3.14. The number of benzene rings is 2. The maximum Gasteiger partial charge on any atom is 0.241 e. The molecule has 0 bridgehead atoms. The van der Waals surface area contributed by atoms with Crippen molar-refractivity contribution in [2.45, 2.75) is 25.4 Å². The molecule has 156 valence electrons. The molecule has 7 heteroatoms. The lowest BCUT2D eigenvalue weighted by molar-refractivity contribution is -0.127. The molecule has 1 aliphatic rings. The number of ether oxygens (including phenoxy) is 1. The molecule has 0 aromatic heterocycles. The highest BCUT2D eigenvalue weighted by molar-refractivity contribution is 14.0. The lowest BCUT2D eigenvalue weighted by Gasteiger charge is -2.23. The Hall–Kier alpha value is -2.29. The van der Waals surface area contributed by atoms with Gasteiger partial charge in [0.15, 0.2) is 5.96 Å².